The molecule has 1 aromatic rings. The minimum absolute atomic E-state index is 0.0971. The van der Waals surface area contributed by atoms with Crippen LogP contribution in [-0.4, -0.2) is 32.6 Å². The van der Waals surface area contributed by atoms with Crippen molar-refractivity contribution in [1.82, 2.24) is 0 Å². The Kier molecular flexibility index (Phi) is 4.10. The molecule has 1 aromatic carbocycles. The summed E-state index contributed by atoms with van der Waals surface area (Å²) in [5.41, 5.74) is -2.56. The molecule has 1 atom stereocenters. The van der Waals surface area contributed by atoms with Crippen LogP contribution in [0.2, 0.25) is 0 Å². The Labute approximate surface area is 130 Å². The maximum Gasteiger partial charge on any atom is 0.418 e. The molecule has 6 nitrogen and oxygen atoms in total. The second-order valence-electron chi connectivity index (χ2n) is 5.76. The van der Waals surface area contributed by atoms with Crippen LogP contribution in [0.25, 0.3) is 0 Å². The number of benzene rings is 1. The number of alkyl halides is 3. The van der Waals surface area contributed by atoms with Crippen LogP contribution in [0.1, 0.15) is 18.9 Å². The number of hydrogen-bond acceptors (Lipinski definition) is 4. The minimum Gasteiger partial charge on any atom is -0.481 e. The number of sulfonamides is 1. The average molecular weight is 352 g/mol. The average Bonchev–Trinajstić information content (AvgIpc) is 2.80. The van der Waals surface area contributed by atoms with Gasteiger partial charge in [-0.15, -0.1) is 0 Å². The molecule has 128 valence electrons. The number of primary sulfonamides is 1. The third-order valence-electron chi connectivity index (χ3n) is 3.93. The van der Waals surface area contributed by atoms with E-state index in [1.165, 1.54) is 11.8 Å². The van der Waals surface area contributed by atoms with Gasteiger partial charge in [-0.05, 0) is 31.5 Å². The topological polar surface area (TPSA) is 101 Å². The quantitative estimate of drug-likeness (QED) is 0.861. The summed E-state index contributed by atoms with van der Waals surface area (Å²) in [6, 6.07) is 2.47. The van der Waals surface area contributed by atoms with E-state index < -0.39 is 38.0 Å². The summed E-state index contributed by atoms with van der Waals surface area (Å²) >= 11 is 0. The lowest BCUT2D eigenvalue weighted by molar-refractivity contribution is -0.146. The number of anilines is 1. The number of carboxylic acid groups (broad SMARTS) is 1. The van der Waals surface area contributed by atoms with Crippen molar-refractivity contribution in [1.29, 1.82) is 0 Å². The van der Waals surface area contributed by atoms with Crippen LogP contribution in [0, 0.1) is 5.41 Å². The number of hydrogen-bond donors (Lipinski definition) is 2. The van der Waals surface area contributed by atoms with Crippen molar-refractivity contribution in [3.8, 4) is 0 Å². The van der Waals surface area contributed by atoms with Crippen molar-refractivity contribution in [2.24, 2.45) is 10.6 Å². The van der Waals surface area contributed by atoms with E-state index in [-0.39, 0.29) is 25.2 Å². The molecule has 0 spiro atoms. The van der Waals surface area contributed by atoms with Crippen LogP contribution in [-0.2, 0) is 21.0 Å². The maximum atomic E-state index is 13.2. The molecule has 3 N–H and O–H groups in total. The van der Waals surface area contributed by atoms with Gasteiger partial charge < -0.3 is 10.0 Å². The molecule has 1 saturated heterocycles. The molecule has 0 saturated carbocycles. The first kappa shape index (κ1) is 17.5. The summed E-state index contributed by atoms with van der Waals surface area (Å²) in [7, 11) is -4.27. The summed E-state index contributed by atoms with van der Waals surface area (Å²) < 4.78 is 62.2. The maximum absolute atomic E-state index is 13.2. The molecule has 1 heterocycles. The van der Waals surface area contributed by atoms with Gasteiger partial charge in [0, 0.05) is 18.8 Å². The monoisotopic (exact) mass is 352 g/mol. The largest absolute Gasteiger partial charge is 0.481 e. The van der Waals surface area contributed by atoms with Crippen molar-refractivity contribution >= 4 is 21.7 Å². The van der Waals surface area contributed by atoms with E-state index >= 15 is 0 Å². The van der Waals surface area contributed by atoms with E-state index in [4.69, 9.17) is 5.14 Å². The molecule has 0 aliphatic carbocycles. The summed E-state index contributed by atoms with van der Waals surface area (Å²) in [4.78, 5) is 11.9. The predicted molar refractivity (Wildman–Crippen MR) is 75.4 cm³/mol. The highest BCUT2D eigenvalue weighted by Crippen LogP contribution is 2.41. The Bertz CT molecular complexity index is 748. The molecule has 23 heavy (non-hydrogen) atoms. The Morgan fingerprint density at radius 2 is 2.00 bits per heavy atom. The van der Waals surface area contributed by atoms with Crippen molar-refractivity contribution in [3.63, 3.8) is 0 Å². The van der Waals surface area contributed by atoms with Gasteiger partial charge in [0.15, 0.2) is 0 Å². The van der Waals surface area contributed by atoms with Gasteiger partial charge in [0.1, 0.15) is 0 Å². The molecule has 1 aliphatic rings. The lowest BCUT2D eigenvalue weighted by Crippen LogP contribution is -2.32. The van der Waals surface area contributed by atoms with Crippen LogP contribution in [0.15, 0.2) is 23.1 Å². The van der Waals surface area contributed by atoms with Crippen molar-refractivity contribution in [2.45, 2.75) is 24.4 Å². The number of carbonyl (C=O) groups is 1. The molecule has 0 bridgehead atoms. The molecule has 0 radical (unpaired) electrons. The Morgan fingerprint density at radius 1 is 1.39 bits per heavy atom. The van der Waals surface area contributed by atoms with Crippen LogP contribution >= 0.6 is 0 Å². The lowest BCUT2D eigenvalue weighted by atomic mass is 9.90. The lowest BCUT2D eigenvalue weighted by Gasteiger charge is -2.25. The fourth-order valence-electron chi connectivity index (χ4n) is 2.54. The molecule has 1 aliphatic heterocycles. The summed E-state index contributed by atoms with van der Waals surface area (Å²) in [6.45, 7) is 1.49. The fraction of sp³-hybridized carbons (Fsp3) is 0.462. The van der Waals surface area contributed by atoms with E-state index in [1.54, 1.807) is 0 Å². The molecule has 1 unspecified atom stereocenters. The Hall–Kier alpha value is -1.81. The van der Waals surface area contributed by atoms with E-state index in [0.717, 1.165) is 12.1 Å². The third kappa shape index (κ3) is 3.42. The minimum atomic E-state index is -4.79. The first-order valence-corrected chi connectivity index (χ1v) is 8.12. The molecular formula is C13H15F3N2O4S. The van der Waals surface area contributed by atoms with E-state index in [1.807, 2.05) is 0 Å². The standard InChI is InChI=1S/C13H15F3N2O4S/c1-12(11(19)20)4-5-18(7-12)10-3-2-8(23(17,21)22)6-9(10)13(14,15)16/h2-3,6H,4-5,7H2,1H3,(H,19,20)(H2,17,21,22). The second kappa shape index (κ2) is 5.38. The van der Waals surface area contributed by atoms with Gasteiger partial charge in [0.25, 0.3) is 0 Å². The highest BCUT2D eigenvalue weighted by atomic mass is 32.2. The first-order valence-electron chi connectivity index (χ1n) is 6.57. The van der Waals surface area contributed by atoms with Gasteiger partial charge in [-0.1, -0.05) is 0 Å². The number of rotatable bonds is 3. The van der Waals surface area contributed by atoms with E-state index in [9.17, 15) is 31.5 Å². The highest BCUT2D eigenvalue weighted by molar-refractivity contribution is 7.89. The number of nitrogens with two attached hydrogens (primary N) is 1. The summed E-state index contributed by atoms with van der Waals surface area (Å²) in [5.74, 6) is -1.09. The normalized spacial score (nSPS) is 22.4. The molecular weight excluding hydrogens is 337 g/mol. The van der Waals surface area contributed by atoms with Gasteiger partial charge >= 0.3 is 12.1 Å². The van der Waals surface area contributed by atoms with E-state index in [0.29, 0.717) is 6.07 Å². The first-order chi connectivity index (χ1) is 10.3. The third-order valence-corrected chi connectivity index (χ3v) is 4.84. The SMILES string of the molecule is CC1(C(=O)O)CCN(c2ccc(S(N)(=O)=O)cc2C(F)(F)F)C1. The van der Waals surface area contributed by atoms with Crippen molar-refractivity contribution in [3.05, 3.63) is 23.8 Å². The molecule has 1 fully saturated rings. The molecule has 10 heteroatoms. The number of carboxylic acids is 1. The molecule has 0 amide bonds. The smallest absolute Gasteiger partial charge is 0.418 e. The van der Waals surface area contributed by atoms with Crippen molar-refractivity contribution in [2.75, 3.05) is 18.0 Å². The predicted octanol–water partition coefficient (Wildman–Crippen LogP) is 1.65. The number of nitrogens with zero attached hydrogens (tertiary/aromatic N) is 1. The van der Waals surface area contributed by atoms with E-state index in [2.05, 4.69) is 0 Å². The zero-order valence-corrected chi connectivity index (χ0v) is 12.9. The van der Waals surface area contributed by atoms with Gasteiger partial charge in [-0.25, -0.2) is 13.6 Å². The second-order valence-corrected chi connectivity index (χ2v) is 7.32. The van der Waals surface area contributed by atoms with Gasteiger partial charge in [0.2, 0.25) is 10.0 Å². The zero-order chi connectivity index (χ0) is 17.6. The summed E-state index contributed by atoms with van der Waals surface area (Å²) in [6.07, 6.45) is -4.60. The van der Waals surface area contributed by atoms with Crippen LogP contribution in [0.5, 0.6) is 0 Å². The molecule has 2 rings (SSSR count). The van der Waals surface area contributed by atoms with Crippen LogP contribution in [0.3, 0.4) is 0 Å². The Balaban J connectivity index is 2.50. The summed E-state index contributed by atoms with van der Waals surface area (Å²) in [5, 5.41) is 14.0. The van der Waals surface area contributed by atoms with Gasteiger partial charge in [-0.2, -0.15) is 13.2 Å². The zero-order valence-electron chi connectivity index (χ0n) is 12.1. The van der Waals surface area contributed by atoms with Gasteiger partial charge in [-0.3, -0.25) is 4.79 Å². The van der Waals surface area contributed by atoms with Crippen LogP contribution < -0.4 is 10.0 Å². The number of halogens is 3. The highest BCUT2D eigenvalue weighted by Gasteiger charge is 2.43. The van der Waals surface area contributed by atoms with Crippen LogP contribution in [0.4, 0.5) is 18.9 Å². The Morgan fingerprint density at radius 3 is 2.43 bits per heavy atom. The fourth-order valence-corrected chi connectivity index (χ4v) is 3.08. The van der Waals surface area contributed by atoms with Gasteiger partial charge in [0.05, 0.1) is 15.9 Å². The molecule has 0 aromatic heterocycles. The number of aliphatic carboxylic acids is 1. The van der Waals surface area contributed by atoms with Crippen molar-refractivity contribution < 1.29 is 31.5 Å².